The van der Waals surface area contributed by atoms with E-state index in [9.17, 15) is 9.90 Å². The molecule has 4 aromatic rings. The lowest BCUT2D eigenvalue weighted by Crippen LogP contribution is -2.19. The van der Waals surface area contributed by atoms with Crippen molar-refractivity contribution in [1.29, 1.82) is 0 Å². The average molecular weight is 459 g/mol. The smallest absolute Gasteiger partial charge is 0.339 e. The molecule has 0 atom stereocenters. The van der Waals surface area contributed by atoms with Crippen LogP contribution in [0, 0.1) is 0 Å². The Bertz CT molecular complexity index is 1270. The normalized spacial score (nSPS) is 10.9. The van der Waals surface area contributed by atoms with Crippen LogP contribution in [0.3, 0.4) is 0 Å². The summed E-state index contributed by atoms with van der Waals surface area (Å²) in [5.41, 5.74) is 3.91. The van der Waals surface area contributed by atoms with Gasteiger partial charge in [-0.2, -0.15) is 0 Å². The Morgan fingerprint density at radius 3 is 2.35 bits per heavy atom. The van der Waals surface area contributed by atoms with Gasteiger partial charge in [0, 0.05) is 35.6 Å². The molecule has 0 aliphatic carbocycles. The summed E-state index contributed by atoms with van der Waals surface area (Å²) in [6.07, 6.45) is 3.41. The molecule has 0 saturated heterocycles. The zero-order chi connectivity index (χ0) is 24.1. The summed E-state index contributed by atoms with van der Waals surface area (Å²) in [5, 5.41) is 9.62. The van der Waals surface area contributed by atoms with E-state index in [2.05, 4.69) is 14.9 Å². The number of benzene rings is 2. The molecule has 34 heavy (non-hydrogen) atoms. The predicted octanol–water partition coefficient (Wildman–Crippen LogP) is 4.45. The Morgan fingerprint density at radius 1 is 1.00 bits per heavy atom. The van der Waals surface area contributed by atoms with E-state index < -0.39 is 5.97 Å². The highest BCUT2D eigenvalue weighted by Gasteiger charge is 2.19. The maximum atomic E-state index is 11.8. The second-order valence-corrected chi connectivity index (χ2v) is 7.94. The van der Waals surface area contributed by atoms with Crippen molar-refractivity contribution in [2.75, 3.05) is 34.4 Å². The number of carboxylic acid groups (broad SMARTS) is 1. The minimum Gasteiger partial charge on any atom is -0.496 e. The first-order valence-electron chi connectivity index (χ1n) is 10.8. The molecule has 8 heteroatoms. The van der Waals surface area contributed by atoms with Gasteiger partial charge in [0.1, 0.15) is 29.5 Å². The number of pyridine rings is 1. The van der Waals surface area contributed by atoms with Crippen molar-refractivity contribution in [2.45, 2.75) is 0 Å². The van der Waals surface area contributed by atoms with Crippen LogP contribution in [0.15, 0.2) is 67.0 Å². The molecule has 0 amide bonds. The van der Waals surface area contributed by atoms with Crippen molar-refractivity contribution in [3.63, 3.8) is 0 Å². The number of ether oxygens (including phenoxy) is 2. The number of carbonyl (C=O) groups is 1. The maximum absolute atomic E-state index is 11.8. The molecule has 0 aliphatic heterocycles. The number of hydrogen-bond donors (Lipinski definition) is 2. The van der Waals surface area contributed by atoms with Crippen LogP contribution in [0.25, 0.3) is 33.9 Å². The first-order chi connectivity index (χ1) is 16.5. The van der Waals surface area contributed by atoms with E-state index in [1.807, 2.05) is 50.5 Å². The van der Waals surface area contributed by atoms with Crippen LogP contribution in [0.2, 0.25) is 0 Å². The number of H-pyrrole nitrogens is 1. The van der Waals surface area contributed by atoms with E-state index in [-0.39, 0.29) is 5.56 Å². The Kier molecular flexibility index (Phi) is 6.89. The summed E-state index contributed by atoms with van der Waals surface area (Å²) in [6, 6.07) is 16.5. The van der Waals surface area contributed by atoms with E-state index in [0.717, 1.165) is 29.1 Å². The van der Waals surface area contributed by atoms with Gasteiger partial charge in [-0.15, -0.1) is 0 Å². The number of carboxylic acids is 1. The first-order valence-corrected chi connectivity index (χ1v) is 10.8. The molecule has 2 aromatic heterocycles. The Labute approximate surface area is 197 Å². The fourth-order valence-corrected chi connectivity index (χ4v) is 3.52. The summed E-state index contributed by atoms with van der Waals surface area (Å²) < 4.78 is 11.0. The lowest BCUT2D eigenvalue weighted by Gasteiger charge is -2.11. The average Bonchev–Trinajstić information content (AvgIpc) is 3.30. The molecule has 174 valence electrons. The summed E-state index contributed by atoms with van der Waals surface area (Å²) in [5.74, 6) is 0.675. The summed E-state index contributed by atoms with van der Waals surface area (Å²) in [6.45, 7) is 1.44. The second-order valence-electron chi connectivity index (χ2n) is 7.94. The largest absolute Gasteiger partial charge is 0.496 e. The van der Waals surface area contributed by atoms with Gasteiger partial charge in [0.25, 0.3) is 0 Å². The topological polar surface area (TPSA) is 101 Å². The van der Waals surface area contributed by atoms with E-state index in [0.29, 0.717) is 29.4 Å². The molecule has 2 aromatic carbocycles. The third kappa shape index (κ3) is 5.07. The SMILES string of the molecule is COc1ccc(-c2nc(-c3ccc(OCCN(C)C)cc3)[nH]c2-c2ccncc2)cc1C(=O)O. The van der Waals surface area contributed by atoms with Crippen molar-refractivity contribution in [2.24, 2.45) is 0 Å². The molecule has 0 bridgehead atoms. The zero-order valence-electron chi connectivity index (χ0n) is 19.3. The highest BCUT2D eigenvalue weighted by atomic mass is 16.5. The Hall–Kier alpha value is -4.17. The van der Waals surface area contributed by atoms with Crippen LogP contribution in [-0.4, -0.2) is 65.3 Å². The van der Waals surface area contributed by atoms with Crippen molar-refractivity contribution in [3.05, 3.63) is 72.6 Å². The van der Waals surface area contributed by atoms with Gasteiger partial charge in [0.05, 0.1) is 18.5 Å². The van der Waals surface area contributed by atoms with Gasteiger partial charge in [-0.1, -0.05) is 0 Å². The van der Waals surface area contributed by atoms with Gasteiger partial charge in [-0.3, -0.25) is 4.98 Å². The minimum atomic E-state index is -1.07. The third-order valence-corrected chi connectivity index (χ3v) is 5.31. The summed E-state index contributed by atoms with van der Waals surface area (Å²) >= 11 is 0. The van der Waals surface area contributed by atoms with Crippen LogP contribution in [0.1, 0.15) is 10.4 Å². The second kappa shape index (κ2) is 10.2. The van der Waals surface area contributed by atoms with Crippen LogP contribution >= 0.6 is 0 Å². The number of nitrogens with zero attached hydrogens (tertiary/aromatic N) is 3. The van der Waals surface area contributed by atoms with Crippen LogP contribution < -0.4 is 9.47 Å². The van der Waals surface area contributed by atoms with E-state index in [1.165, 1.54) is 7.11 Å². The van der Waals surface area contributed by atoms with Gasteiger partial charge < -0.3 is 24.5 Å². The minimum absolute atomic E-state index is 0.0736. The van der Waals surface area contributed by atoms with E-state index in [4.69, 9.17) is 14.5 Å². The van der Waals surface area contributed by atoms with Crippen molar-refractivity contribution < 1.29 is 19.4 Å². The lowest BCUT2D eigenvalue weighted by molar-refractivity contribution is 0.0693. The molecule has 2 N–H and O–H groups in total. The van der Waals surface area contributed by atoms with Crippen molar-refractivity contribution >= 4 is 5.97 Å². The molecule has 0 radical (unpaired) electrons. The third-order valence-electron chi connectivity index (χ3n) is 5.31. The predicted molar refractivity (Wildman–Crippen MR) is 130 cm³/mol. The first kappa shape index (κ1) is 23.0. The van der Waals surface area contributed by atoms with Crippen molar-refractivity contribution in [3.8, 4) is 45.4 Å². The van der Waals surface area contributed by atoms with Crippen LogP contribution in [0.5, 0.6) is 11.5 Å². The van der Waals surface area contributed by atoms with Gasteiger partial charge >= 0.3 is 5.97 Å². The number of hydrogen-bond acceptors (Lipinski definition) is 6. The number of aromatic nitrogens is 3. The number of aromatic carboxylic acids is 1. The quantitative estimate of drug-likeness (QED) is 0.382. The van der Waals surface area contributed by atoms with E-state index in [1.54, 1.807) is 30.6 Å². The van der Waals surface area contributed by atoms with E-state index >= 15 is 0 Å². The molecule has 2 heterocycles. The Morgan fingerprint density at radius 2 is 1.71 bits per heavy atom. The number of likely N-dealkylation sites (N-methyl/N-ethyl adjacent to an activating group) is 1. The number of nitrogens with one attached hydrogen (secondary N) is 1. The molecule has 8 nitrogen and oxygen atoms in total. The maximum Gasteiger partial charge on any atom is 0.339 e. The zero-order valence-corrected chi connectivity index (χ0v) is 19.3. The molecule has 4 rings (SSSR count). The molecule has 0 fully saturated rings. The molecule has 0 spiro atoms. The fraction of sp³-hybridized carbons (Fsp3) is 0.192. The number of imidazole rings is 1. The fourth-order valence-electron chi connectivity index (χ4n) is 3.52. The van der Waals surface area contributed by atoms with Crippen LogP contribution in [0.4, 0.5) is 0 Å². The van der Waals surface area contributed by atoms with Gasteiger partial charge in [0.2, 0.25) is 0 Å². The van der Waals surface area contributed by atoms with Gasteiger partial charge in [-0.05, 0) is 68.7 Å². The summed E-state index contributed by atoms with van der Waals surface area (Å²) in [7, 11) is 5.46. The monoisotopic (exact) mass is 458 g/mol. The highest BCUT2D eigenvalue weighted by Crippen LogP contribution is 2.35. The number of methoxy groups -OCH3 is 1. The molecule has 0 aliphatic rings. The number of rotatable bonds is 9. The van der Waals surface area contributed by atoms with Gasteiger partial charge in [-0.25, -0.2) is 9.78 Å². The number of aromatic amines is 1. The lowest BCUT2D eigenvalue weighted by atomic mass is 10.0. The molecular formula is C26H26N4O4. The molecule has 0 saturated carbocycles. The van der Waals surface area contributed by atoms with Crippen molar-refractivity contribution in [1.82, 2.24) is 19.9 Å². The van der Waals surface area contributed by atoms with Crippen LogP contribution in [-0.2, 0) is 0 Å². The highest BCUT2D eigenvalue weighted by molar-refractivity contribution is 5.93. The Balaban J connectivity index is 1.73. The molecular weight excluding hydrogens is 432 g/mol. The summed E-state index contributed by atoms with van der Waals surface area (Å²) in [4.78, 5) is 26.2. The standard InChI is InChI=1S/C26H26N4O4/c1-30(2)14-15-34-20-7-4-18(5-8-20)25-28-23(17-10-12-27-13-11-17)24(29-25)19-6-9-22(33-3)21(16-19)26(31)32/h4-13,16H,14-15H2,1-3H3,(H,28,29)(H,31,32). The molecule has 0 unspecified atom stereocenters. The van der Waals surface area contributed by atoms with Gasteiger partial charge in [0.15, 0.2) is 0 Å².